The van der Waals surface area contributed by atoms with Crippen LogP contribution in [-0.4, -0.2) is 29.7 Å². The number of rotatable bonds is 4. The molecule has 2 aromatic rings. The van der Waals surface area contributed by atoms with E-state index >= 15 is 0 Å². The summed E-state index contributed by atoms with van der Waals surface area (Å²) in [5.41, 5.74) is 1.11. The zero-order valence-corrected chi connectivity index (χ0v) is 16.0. The Morgan fingerprint density at radius 2 is 2.15 bits per heavy atom. The van der Waals surface area contributed by atoms with Crippen molar-refractivity contribution in [1.82, 2.24) is 10.2 Å². The number of carbonyl (C=O) groups excluding carboxylic acids is 3. The molecule has 1 aromatic heterocycles. The van der Waals surface area contributed by atoms with Crippen LogP contribution < -0.4 is 10.1 Å². The van der Waals surface area contributed by atoms with Crippen LogP contribution in [0.1, 0.15) is 46.1 Å². The third kappa shape index (κ3) is 2.73. The average Bonchev–Trinajstić information content (AvgIpc) is 3.22. The van der Waals surface area contributed by atoms with Gasteiger partial charge in [-0.15, -0.1) is 11.3 Å². The zero-order valence-electron chi connectivity index (χ0n) is 15.2. The molecule has 0 bridgehead atoms. The summed E-state index contributed by atoms with van der Waals surface area (Å²) in [4.78, 5) is 40.1. The highest BCUT2D eigenvalue weighted by molar-refractivity contribution is 7.10. The van der Waals surface area contributed by atoms with Crippen LogP contribution in [0.15, 0.2) is 29.6 Å². The number of nitrogens with one attached hydrogen (secondary N) is 1. The van der Waals surface area contributed by atoms with Crippen molar-refractivity contribution < 1.29 is 19.1 Å². The van der Waals surface area contributed by atoms with Gasteiger partial charge in [-0.3, -0.25) is 14.5 Å². The van der Waals surface area contributed by atoms with Crippen molar-refractivity contribution >= 4 is 29.1 Å². The summed E-state index contributed by atoms with van der Waals surface area (Å²) in [6.07, 6.45) is 2.39. The van der Waals surface area contributed by atoms with Gasteiger partial charge in [-0.05, 0) is 55.8 Å². The van der Waals surface area contributed by atoms with Crippen LogP contribution in [-0.2, 0) is 23.3 Å². The summed E-state index contributed by atoms with van der Waals surface area (Å²) >= 11 is 1.63. The Labute approximate surface area is 161 Å². The molecule has 1 aromatic carbocycles. The number of ether oxygens (including phenoxy) is 1. The maximum Gasteiger partial charge on any atom is 0.325 e. The van der Waals surface area contributed by atoms with Crippen LogP contribution in [0.25, 0.3) is 0 Å². The number of benzene rings is 1. The second kappa shape index (κ2) is 6.49. The van der Waals surface area contributed by atoms with Gasteiger partial charge in [-0.25, -0.2) is 4.79 Å². The average molecular weight is 384 g/mol. The van der Waals surface area contributed by atoms with Gasteiger partial charge in [0.1, 0.15) is 11.3 Å². The number of methoxy groups -OCH3 is 1. The molecule has 0 saturated carbocycles. The van der Waals surface area contributed by atoms with E-state index in [1.54, 1.807) is 29.5 Å². The van der Waals surface area contributed by atoms with Crippen LogP contribution in [0.2, 0.25) is 0 Å². The Bertz CT molecular complexity index is 951. The van der Waals surface area contributed by atoms with Gasteiger partial charge < -0.3 is 10.1 Å². The Hall–Kier alpha value is -2.67. The van der Waals surface area contributed by atoms with Crippen LogP contribution in [0.3, 0.4) is 0 Å². The predicted octanol–water partition coefficient (Wildman–Crippen LogP) is 3.24. The number of nitrogens with zero attached hydrogens (tertiary/aromatic N) is 1. The Kier molecular flexibility index (Phi) is 4.26. The van der Waals surface area contributed by atoms with Gasteiger partial charge in [0.15, 0.2) is 5.78 Å². The maximum absolute atomic E-state index is 13.3. The fourth-order valence-corrected chi connectivity index (χ4v) is 4.98. The van der Waals surface area contributed by atoms with E-state index in [2.05, 4.69) is 5.32 Å². The minimum absolute atomic E-state index is 0.0657. The number of hydrogen-bond donors (Lipinski definition) is 1. The summed E-state index contributed by atoms with van der Waals surface area (Å²) in [5.74, 6) is 0.228. The number of imide groups is 1. The van der Waals surface area contributed by atoms with E-state index in [1.165, 1.54) is 18.9 Å². The van der Waals surface area contributed by atoms with Crippen LogP contribution in [0.5, 0.6) is 5.75 Å². The molecule has 27 heavy (non-hydrogen) atoms. The molecule has 140 valence electrons. The topological polar surface area (TPSA) is 75.7 Å². The number of carbonyl (C=O) groups is 3. The smallest absolute Gasteiger partial charge is 0.325 e. The van der Waals surface area contributed by atoms with E-state index in [4.69, 9.17) is 4.74 Å². The summed E-state index contributed by atoms with van der Waals surface area (Å²) in [5, 5.41) is 4.91. The molecule has 1 aliphatic heterocycles. The van der Waals surface area contributed by atoms with Gasteiger partial charge in [0.2, 0.25) is 0 Å². The van der Waals surface area contributed by atoms with Crippen LogP contribution >= 0.6 is 11.3 Å². The van der Waals surface area contributed by atoms with Crippen LogP contribution in [0.4, 0.5) is 4.79 Å². The number of aryl methyl sites for hydroxylation is 1. The maximum atomic E-state index is 13.3. The number of Topliss-reactive ketones (excluding diaryl/α,β-unsaturated/α-hetero) is 1. The first-order valence-electron chi connectivity index (χ1n) is 8.85. The van der Waals surface area contributed by atoms with Crippen LogP contribution in [0, 0.1) is 0 Å². The van der Waals surface area contributed by atoms with Crippen molar-refractivity contribution in [3.8, 4) is 5.75 Å². The highest BCUT2D eigenvalue weighted by atomic mass is 32.1. The lowest BCUT2D eigenvalue weighted by Crippen LogP contribution is -2.46. The SMILES string of the molecule is COc1ccc(C(C)=O)cc1CN1C(=O)N[C@@]2(CCCc3sccc32)C1=O. The molecule has 1 atom stereocenters. The zero-order chi connectivity index (χ0) is 19.2. The molecule has 6 nitrogen and oxygen atoms in total. The first-order valence-corrected chi connectivity index (χ1v) is 9.73. The predicted molar refractivity (Wildman–Crippen MR) is 101 cm³/mol. The molecular weight excluding hydrogens is 364 g/mol. The summed E-state index contributed by atoms with van der Waals surface area (Å²) in [7, 11) is 1.53. The molecule has 1 N–H and O–H groups in total. The van der Waals surface area contributed by atoms with Gasteiger partial charge in [0.05, 0.1) is 13.7 Å². The van der Waals surface area contributed by atoms with Gasteiger partial charge in [-0.2, -0.15) is 0 Å². The van der Waals surface area contributed by atoms with Crippen molar-refractivity contribution in [3.63, 3.8) is 0 Å². The fraction of sp³-hybridized carbons (Fsp3) is 0.350. The van der Waals surface area contributed by atoms with E-state index < -0.39 is 11.6 Å². The van der Waals surface area contributed by atoms with E-state index in [0.717, 1.165) is 23.3 Å². The summed E-state index contributed by atoms with van der Waals surface area (Å²) < 4.78 is 5.36. The normalized spacial score (nSPS) is 21.3. The molecule has 2 heterocycles. The molecule has 3 amide bonds. The van der Waals surface area contributed by atoms with E-state index in [0.29, 0.717) is 23.3 Å². The third-order valence-electron chi connectivity index (χ3n) is 5.35. The largest absolute Gasteiger partial charge is 0.496 e. The number of hydrogen-bond acceptors (Lipinski definition) is 5. The highest BCUT2D eigenvalue weighted by Gasteiger charge is 2.54. The molecule has 7 heteroatoms. The number of thiophene rings is 1. The standard InChI is InChI=1S/C20H20N2O4S/c1-12(23)13-5-6-16(26-2)14(10-13)11-22-18(24)20(21-19(22)25)8-3-4-17-15(20)7-9-27-17/h5-7,9-10H,3-4,8,11H2,1-2H3,(H,21,25)/t20-/m1/s1. The molecule has 4 rings (SSSR count). The quantitative estimate of drug-likeness (QED) is 0.649. The van der Waals surface area contributed by atoms with E-state index in [1.807, 2.05) is 11.4 Å². The van der Waals surface area contributed by atoms with Crippen molar-refractivity contribution in [3.05, 3.63) is 51.2 Å². The van der Waals surface area contributed by atoms with Crippen molar-refractivity contribution in [2.24, 2.45) is 0 Å². The van der Waals surface area contributed by atoms with Gasteiger partial charge in [0, 0.05) is 21.6 Å². The van der Waals surface area contributed by atoms with E-state index in [-0.39, 0.29) is 18.2 Å². The Balaban J connectivity index is 1.69. The molecule has 1 saturated heterocycles. The molecule has 1 spiro atoms. The molecule has 2 aliphatic rings. The molecular formula is C20H20N2O4S. The van der Waals surface area contributed by atoms with E-state index in [9.17, 15) is 14.4 Å². The Morgan fingerprint density at radius 3 is 2.89 bits per heavy atom. The molecule has 1 fully saturated rings. The second-order valence-electron chi connectivity index (χ2n) is 6.92. The number of amides is 3. The van der Waals surface area contributed by atoms with Crippen molar-refractivity contribution in [2.75, 3.05) is 7.11 Å². The summed E-state index contributed by atoms with van der Waals surface area (Å²) in [6, 6.07) is 6.59. The molecule has 0 unspecified atom stereocenters. The van der Waals surface area contributed by atoms with Gasteiger partial charge in [0.25, 0.3) is 5.91 Å². The lowest BCUT2D eigenvalue weighted by Gasteiger charge is -2.31. The third-order valence-corrected chi connectivity index (χ3v) is 6.33. The number of urea groups is 1. The number of fused-ring (bicyclic) bond motifs is 2. The highest BCUT2D eigenvalue weighted by Crippen LogP contribution is 2.42. The van der Waals surface area contributed by atoms with Gasteiger partial charge in [-0.1, -0.05) is 0 Å². The number of ketones is 1. The summed E-state index contributed by atoms with van der Waals surface area (Å²) in [6.45, 7) is 1.55. The van der Waals surface area contributed by atoms with Gasteiger partial charge >= 0.3 is 6.03 Å². The van der Waals surface area contributed by atoms with Crippen molar-refractivity contribution in [2.45, 2.75) is 38.3 Å². The monoisotopic (exact) mass is 384 g/mol. The molecule has 0 radical (unpaired) electrons. The second-order valence-corrected chi connectivity index (χ2v) is 7.92. The first-order chi connectivity index (χ1) is 13.0. The minimum Gasteiger partial charge on any atom is -0.496 e. The lowest BCUT2D eigenvalue weighted by molar-refractivity contribution is -0.132. The Morgan fingerprint density at radius 1 is 1.33 bits per heavy atom. The first kappa shape index (κ1) is 17.7. The molecule has 1 aliphatic carbocycles. The van der Waals surface area contributed by atoms with Crippen molar-refractivity contribution in [1.29, 1.82) is 0 Å². The fourth-order valence-electron chi connectivity index (χ4n) is 3.98. The lowest BCUT2D eigenvalue weighted by atomic mass is 9.80. The minimum atomic E-state index is -0.962.